The molecule has 2 heterocycles. The average Bonchev–Trinajstić information content (AvgIpc) is 2.78. The van der Waals surface area contributed by atoms with Crippen molar-refractivity contribution in [3.63, 3.8) is 0 Å². The second kappa shape index (κ2) is 10.7. The first-order chi connectivity index (χ1) is 14.4. The number of carbonyl (C=O) groups is 1. The molecule has 0 amide bonds. The number of Topliss-reactive ketones (excluding diaryl/α,β-unsaturated/α-hetero) is 1. The Morgan fingerprint density at radius 2 is 1.67 bits per heavy atom. The van der Waals surface area contributed by atoms with E-state index in [1.54, 1.807) is 24.3 Å². The average molecular weight is 442 g/mol. The molecule has 1 N–H and O–H groups in total. The molecule has 168 valence electrons. The van der Waals surface area contributed by atoms with E-state index in [2.05, 4.69) is 0 Å². The summed E-state index contributed by atoms with van der Waals surface area (Å²) in [7, 11) is -3.45. The molecule has 2 fully saturated rings. The molecule has 2 aliphatic heterocycles. The Kier molecular flexibility index (Phi) is 8.20. The number of ketones is 1. The van der Waals surface area contributed by atoms with Crippen molar-refractivity contribution in [2.45, 2.75) is 19.4 Å². The molecular weight excluding hydrogens is 410 g/mol. The monoisotopic (exact) mass is 441 g/mol. The van der Waals surface area contributed by atoms with Crippen LogP contribution in [0.2, 0.25) is 0 Å². The summed E-state index contributed by atoms with van der Waals surface area (Å²) in [5.74, 6) is 0.680. The summed E-state index contributed by atoms with van der Waals surface area (Å²) in [6, 6.07) is 6.90. The summed E-state index contributed by atoms with van der Waals surface area (Å²) < 4.78 is 39.2. The fourth-order valence-corrected chi connectivity index (χ4v) is 5.13. The van der Waals surface area contributed by atoms with E-state index in [-0.39, 0.29) is 12.4 Å². The molecule has 0 aromatic heterocycles. The minimum atomic E-state index is -3.45. The molecule has 2 aliphatic rings. The SMILES string of the molecule is CCC(=O)c1ccc(OCC(O)CN2CCN(S(=O)(=O)N3CCOCC3)CC2)cc1. The lowest BCUT2D eigenvalue weighted by Gasteiger charge is -2.38. The summed E-state index contributed by atoms with van der Waals surface area (Å²) in [5, 5.41) is 10.3. The van der Waals surface area contributed by atoms with Crippen LogP contribution in [0.15, 0.2) is 24.3 Å². The second-order valence-corrected chi connectivity index (χ2v) is 9.41. The molecule has 1 aromatic rings. The molecular formula is C20H31N3O6S. The number of morpholine rings is 1. The van der Waals surface area contributed by atoms with Gasteiger partial charge < -0.3 is 14.6 Å². The zero-order valence-corrected chi connectivity index (χ0v) is 18.2. The van der Waals surface area contributed by atoms with Gasteiger partial charge in [-0.1, -0.05) is 6.92 Å². The first-order valence-corrected chi connectivity index (χ1v) is 11.8. The summed E-state index contributed by atoms with van der Waals surface area (Å²) in [4.78, 5) is 13.7. The van der Waals surface area contributed by atoms with E-state index in [4.69, 9.17) is 9.47 Å². The Hall–Kier alpha value is -1.56. The van der Waals surface area contributed by atoms with Crippen molar-refractivity contribution in [3.8, 4) is 5.75 Å². The minimum Gasteiger partial charge on any atom is -0.491 e. The summed E-state index contributed by atoms with van der Waals surface area (Å²) in [5.41, 5.74) is 0.648. The highest BCUT2D eigenvalue weighted by atomic mass is 32.2. The van der Waals surface area contributed by atoms with Crippen molar-refractivity contribution >= 4 is 16.0 Å². The molecule has 0 spiro atoms. The van der Waals surface area contributed by atoms with Crippen LogP contribution in [0.5, 0.6) is 5.75 Å². The van der Waals surface area contributed by atoms with E-state index in [9.17, 15) is 18.3 Å². The van der Waals surface area contributed by atoms with E-state index in [1.807, 2.05) is 11.8 Å². The number of aliphatic hydroxyl groups is 1. The third-order valence-corrected chi connectivity index (χ3v) is 7.40. The van der Waals surface area contributed by atoms with Crippen molar-refractivity contribution < 1.29 is 27.8 Å². The standard InChI is InChI=1S/C20H31N3O6S/c1-2-20(25)17-3-5-19(6-4-17)29-16-18(24)15-21-7-9-22(10-8-21)30(26,27)23-11-13-28-14-12-23/h3-6,18,24H,2,7-16H2,1H3. The Morgan fingerprint density at radius 1 is 1.07 bits per heavy atom. The molecule has 9 nitrogen and oxygen atoms in total. The maximum atomic E-state index is 12.7. The van der Waals surface area contributed by atoms with Gasteiger partial charge in [0, 0.05) is 57.8 Å². The van der Waals surface area contributed by atoms with Crippen LogP contribution >= 0.6 is 0 Å². The highest BCUT2D eigenvalue weighted by molar-refractivity contribution is 7.86. The molecule has 0 bridgehead atoms. The van der Waals surface area contributed by atoms with Gasteiger partial charge in [0.15, 0.2) is 5.78 Å². The largest absolute Gasteiger partial charge is 0.491 e. The molecule has 1 aromatic carbocycles. The number of ether oxygens (including phenoxy) is 2. The molecule has 30 heavy (non-hydrogen) atoms. The zero-order chi connectivity index (χ0) is 21.6. The predicted molar refractivity (Wildman–Crippen MR) is 112 cm³/mol. The van der Waals surface area contributed by atoms with Crippen LogP contribution in [0.3, 0.4) is 0 Å². The summed E-state index contributed by atoms with van der Waals surface area (Å²) >= 11 is 0. The van der Waals surface area contributed by atoms with Crippen molar-refractivity contribution in [1.82, 2.24) is 13.5 Å². The summed E-state index contributed by atoms with van der Waals surface area (Å²) in [6.07, 6.45) is -0.232. The fraction of sp³-hybridized carbons (Fsp3) is 0.650. The third-order valence-electron chi connectivity index (χ3n) is 5.36. The van der Waals surface area contributed by atoms with Crippen LogP contribution in [0, 0.1) is 0 Å². The lowest BCUT2D eigenvalue weighted by molar-refractivity contribution is 0.0525. The van der Waals surface area contributed by atoms with Gasteiger partial charge in [-0.25, -0.2) is 0 Å². The number of rotatable bonds is 9. The van der Waals surface area contributed by atoms with Gasteiger partial charge in [-0.05, 0) is 24.3 Å². The maximum absolute atomic E-state index is 12.7. The fourth-order valence-electron chi connectivity index (χ4n) is 3.57. The number of aliphatic hydroxyl groups excluding tert-OH is 1. The molecule has 10 heteroatoms. The van der Waals surface area contributed by atoms with Crippen molar-refractivity contribution in [3.05, 3.63) is 29.8 Å². The van der Waals surface area contributed by atoms with Gasteiger partial charge in [-0.2, -0.15) is 17.0 Å². The van der Waals surface area contributed by atoms with Crippen LogP contribution in [0.1, 0.15) is 23.7 Å². The van der Waals surface area contributed by atoms with Crippen LogP contribution in [-0.4, -0.2) is 105 Å². The minimum absolute atomic E-state index is 0.0800. The quantitative estimate of drug-likeness (QED) is 0.547. The number of β-amino-alcohol motifs (C(OH)–C–C–N with tert-alkyl or cyclic N) is 1. The molecule has 0 aliphatic carbocycles. The van der Waals surface area contributed by atoms with Crippen LogP contribution in [0.4, 0.5) is 0 Å². The number of hydrogen-bond acceptors (Lipinski definition) is 7. The zero-order valence-electron chi connectivity index (χ0n) is 17.4. The predicted octanol–water partition coefficient (Wildman–Crippen LogP) is 0.214. The molecule has 1 unspecified atom stereocenters. The van der Waals surface area contributed by atoms with E-state index in [1.165, 1.54) is 8.61 Å². The van der Waals surface area contributed by atoms with Gasteiger partial charge in [-0.3, -0.25) is 9.69 Å². The van der Waals surface area contributed by atoms with E-state index in [0.29, 0.717) is 76.8 Å². The number of hydrogen-bond donors (Lipinski definition) is 1. The smallest absolute Gasteiger partial charge is 0.282 e. The number of benzene rings is 1. The Labute approximate surface area is 178 Å². The van der Waals surface area contributed by atoms with Crippen LogP contribution < -0.4 is 4.74 Å². The Balaban J connectivity index is 1.40. The number of carbonyl (C=O) groups excluding carboxylic acids is 1. The highest BCUT2D eigenvalue weighted by Gasteiger charge is 2.33. The van der Waals surface area contributed by atoms with E-state index in [0.717, 1.165) is 0 Å². The lowest BCUT2D eigenvalue weighted by Crippen LogP contribution is -2.55. The molecule has 2 saturated heterocycles. The topological polar surface area (TPSA) is 99.6 Å². The molecule has 0 radical (unpaired) electrons. The van der Waals surface area contributed by atoms with Crippen molar-refractivity contribution in [2.75, 3.05) is 65.6 Å². The van der Waals surface area contributed by atoms with Crippen molar-refractivity contribution in [2.24, 2.45) is 0 Å². The Bertz CT molecular complexity index is 787. The van der Waals surface area contributed by atoms with Gasteiger partial charge >= 0.3 is 0 Å². The third kappa shape index (κ3) is 5.99. The first kappa shape index (κ1) is 23.1. The van der Waals surface area contributed by atoms with Gasteiger partial charge in [0.25, 0.3) is 10.2 Å². The first-order valence-electron chi connectivity index (χ1n) is 10.4. The van der Waals surface area contributed by atoms with Crippen LogP contribution in [0.25, 0.3) is 0 Å². The van der Waals surface area contributed by atoms with Gasteiger partial charge in [0.05, 0.1) is 13.2 Å². The number of piperazine rings is 1. The Morgan fingerprint density at radius 3 is 2.27 bits per heavy atom. The van der Waals surface area contributed by atoms with Gasteiger partial charge in [-0.15, -0.1) is 0 Å². The van der Waals surface area contributed by atoms with E-state index < -0.39 is 16.3 Å². The molecule has 0 saturated carbocycles. The van der Waals surface area contributed by atoms with Gasteiger partial charge in [0.1, 0.15) is 18.5 Å². The van der Waals surface area contributed by atoms with Crippen molar-refractivity contribution in [1.29, 1.82) is 0 Å². The lowest BCUT2D eigenvalue weighted by atomic mass is 10.1. The normalized spacial score (nSPS) is 20.7. The molecule has 3 rings (SSSR count). The molecule has 1 atom stereocenters. The summed E-state index contributed by atoms with van der Waals surface area (Å²) in [6.45, 7) is 5.96. The van der Waals surface area contributed by atoms with Crippen LogP contribution in [-0.2, 0) is 14.9 Å². The van der Waals surface area contributed by atoms with E-state index >= 15 is 0 Å². The number of nitrogens with zero attached hydrogens (tertiary/aromatic N) is 3. The highest BCUT2D eigenvalue weighted by Crippen LogP contribution is 2.16. The maximum Gasteiger partial charge on any atom is 0.282 e. The van der Waals surface area contributed by atoms with Gasteiger partial charge in [0.2, 0.25) is 0 Å². The second-order valence-electron chi connectivity index (χ2n) is 7.48.